The molecule has 1 aliphatic rings. The molecule has 0 radical (unpaired) electrons. The molecule has 0 N–H and O–H groups in total. The van der Waals surface area contributed by atoms with E-state index in [1.807, 2.05) is 13.8 Å². The second-order valence-corrected chi connectivity index (χ2v) is 6.08. The number of hydrogen-bond acceptors (Lipinski definition) is 3. The van der Waals surface area contributed by atoms with Crippen LogP contribution >= 0.6 is 0 Å². The predicted octanol–water partition coefficient (Wildman–Crippen LogP) is 1.83. The first-order valence-corrected chi connectivity index (χ1v) is 6.17. The molecule has 0 aliphatic carbocycles. The molecule has 1 saturated heterocycles. The Kier molecular flexibility index (Phi) is 4.17. The maximum Gasteiger partial charge on any atom is 0.325 e. The highest BCUT2D eigenvalue weighted by Gasteiger charge is 2.37. The number of carbonyl (C=O) groups is 2. The van der Waals surface area contributed by atoms with Gasteiger partial charge in [-0.1, -0.05) is 20.8 Å². The Morgan fingerprint density at radius 1 is 1.47 bits per heavy atom. The molecule has 1 aliphatic heterocycles. The van der Waals surface area contributed by atoms with Crippen molar-refractivity contribution in [1.29, 1.82) is 0 Å². The Labute approximate surface area is 103 Å². The minimum Gasteiger partial charge on any atom is -0.462 e. The zero-order chi connectivity index (χ0) is 13.2. The SMILES string of the molecule is CC(C)OC(=O)CN1CC(C(C)(C)C)CC1=O. The van der Waals surface area contributed by atoms with Crippen molar-refractivity contribution >= 4 is 11.9 Å². The fourth-order valence-electron chi connectivity index (χ4n) is 1.96. The molecule has 0 aromatic heterocycles. The van der Waals surface area contributed by atoms with Crippen LogP contribution in [0.25, 0.3) is 0 Å². The van der Waals surface area contributed by atoms with E-state index in [9.17, 15) is 9.59 Å². The molecule has 1 rings (SSSR count). The highest BCUT2D eigenvalue weighted by Crippen LogP contribution is 2.34. The number of esters is 1. The molecule has 4 nitrogen and oxygen atoms in total. The van der Waals surface area contributed by atoms with E-state index in [4.69, 9.17) is 4.74 Å². The zero-order valence-corrected chi connectivity index (χ0v) is 11.4. The lowest BCUT2D eigenvalue weighted by Gasteiger charge is -2.26. The molecule has 0 bridgehead atoms. The predicted molar refractivity (Wildman–Crippen MR) is 65.4 cm³/mol. The summed E-state index contributed by atoms with van der Waals surface area (Å²) in [4.78, 5) is 24.9. The molecule has 1 atom stereocenters. The van der Waals surface area contributed by atoms with Crippen molar-refractivity contribution in [3.05, 3.63) is 0 Å². The van der Waals surface area contributed by atoms with Crippen LogP contribution in [0.3, 0.4) is 0 Å². The van der Waals surface area contributed by atoms with Crippen LogP contribution in [0.5, 0.6) is 0 Å². The lowest BCUT2D eigenvalue weighted by atomic mass is 9.80. The summed E-state index contributed by atoms with van der Waals surface area (Å²) in [5.41, 5.74) is 0.104. The van der Waals surface area contributed by atoms with Crippen LogP contribution in [0.1, 0.15) is 41.0 Å². The number of nitrogens with zero attached hydrogens (tertiary/aromatic N) is 1. The van der Waals surface area contributed by atoms with Crippen LogP contribution < -0.4 is 0 Å². The van der Waals surface area contributed by atoms with Crippen LogP contribution in [0, 0.1) is 11.3 Å². The highest BCUT2D eigenvalue weighted by atomic mass is 16.5. The molecule has 1 amide bonds. The van der Waals surface area contributed by atoms with E-state index in [1.165, 1.54) is 0 Å². The van der Waals surface area contributed by atoms with Crippen molar-refractivity contribution < 1.29 is 14.3 Å². The highest BCUT2D eigenvalue weighted by molar-refractivity contribution is 5.83. The summed E-state index contributed by atoms with van der Waals surface area (Å²) >= 11 is 0. The third kappa shape index (κ3) is 4.02. The summed E-state index contributed by atoms with van der Waals surface area (Å²) in [6.45, 7) is 10.7. The third-order valence-corrected chi connectivity index (χ3v) is 3.13. The Morgan fingerprint density at radius 2 is 2.06 bits per heavy atom. The normalized spacial score (nSPS) is 21.2. The van der Waals surface area contributed by atoms with E-state index >= 15 is 0 Å². The molecule has 4 heteroatoms. The minimum absolute atomic E-state index is 0.0608. The number of likely N-dealkylation sites (tertiary alicyclic amines) is 1. The molecular formula is C13H23NO3. The first-order chi connectivity index (χ1) is 7.70. The second kappa shape index (κ2) is 5.07. The van der Waals surface area contributed by atoms with Gasteiger partial charge in [0.25, 0.3) is 0 Å². The van der Waals surface area contributed by atoms with Crippen molar-refractivity contribution in [3.8, 4) is 0 Å². The van der Waals surface area contributed by atoms with Gasteiger partial charge in [-0.05, 0) is 25.2 Å². The van der Waals surface area contributed by atoms with Crippen molar-refractivity contribution in [3.63, 3.8) is 0 Å². The van der Waals surface area contributed by atoms with Crippen LogP contribution in [0.15, 0.2) is 0 Å². The molecule has 0 aromatic carbocycles. The van der Waals surface area contributed by atoms with Gasteiger partial charge in [-0.25, -0.2) is 0 Å². The number of carbonyl (C=O) groups excluding carboxylic acids is 2. The van der Waals surface area contributed by atoms with Gasteiger partial charge in [0.05, 0.1) is 6.10 Å². The molecular weight excluding hydrogens is 218 g/mol. The molecule has 0 aromatic rings. The van der Waals surface area contributed by atoms with E-state index in [-0.39, 0.29) is 29.9 Å². The van der Waals surface area contributed by atoms with E-state index in [0.717, 1.165) is 0 Å². The van der Waals surface area contributed by atoms with Crippen LogP contribution in [0.4, 0.5) is 0 Å². The molecule has 1 unspecified atom stereocenters. The first kappa shape index (κ1) is 14.0. The summed E-state index contributed by atoms with van der Waals surface area (Å²) in [5.74, 6) is 0.0652. The summed E-state index contributed by atoms with van der Waals surface area (Å²) in [7, 11) is 0. The van der Waals surface area contributed by atoms with E-state index in [2.05, 4.69) is 20.8 Å². The smallest absolute Gasteiger partial charge is 0.325 e. The summed E-state index contributed by atoms with van der Waals surface area (Å²) in [6, 6.07) is 0. The third-order valence-electron chi connectivity index (χ3n) is 3.13. The standard InChI is InChI=1S/C13H23NO3/c1-9(2)17-12(16)8-14-7-10(6-11(14)15)13(3,4)5/h9-10H,6-8H2,1-5H3. The van der Waals surface area contributed by atoms with E-state index in [0.29, 0.717) is 18.9 Å². The van der Waals surface area contributed by atoms with Gasteiger partial charge in [0.1, 0.15) is 6.54 Å². The fraction of sp³-hybridized carbons (Fsp3) is 0.846. The molecule has 1 heterocycles. The van der Waals surface area contributed by atoms with E-state index < -0.39 is 0 Å². The molecule has 0 spiro atoms. The first-order valence-electron chi connectivity index (χ1n) is 6.17. The Morgan fingerprint density at radius 3 is 2.47 bits per heavy atom. The van der Waals surface area contributed by atoms with Crippen molar-refractivity contribution in [2.45, 2.75) is 47.1 Å². The Bertz CT molecular complexity index is 304. The summed E-state index contributed by atoms with van der Waals surface area (Å²) in [5, 5.41) is 0. The van der Waals surface area contributed by atoms with E-state index in [1.54, 1.807) is 4.90 Å². The summed E-state index contributed by atoms with van der Waals surface area (Å²) < 4.78 is 5.05. The maximum atomic E-state index is 11.8. The molecule has 1 fully saturated rings. The Balaban J connectivity index is 2.52. The second-order valence-electron chi connectivity index (χ2n) is 6.08. The van der Waals surface area contributed by atoms with Gasteiger partial charge in [0.15, 0.2) is 0 Å². The summed E-state index contributed by atoms with van der Waals surface area (Å²) in [6.07, 6.45) is 0.414. The quantitative estimate of drug-likeness (QED) is 0.708. The number of rotatable bonds is 3. The monoisotopic (exact) mass is 241 g/mol. The number of amides is 1. The largest absolute Gasteiger partial charge is 0.462 e. The van der Waals surface area contributed by atoms with Gasteiger partial charge in [-0.2, -0.15) is 0 Å². The topological polar surface area (TPSA) is 46.6 Å². The molecule has 0 saturated carbocycles. The zero-order valence-electron chi connectivity index (χ0n) is 11.4. The number of ether oxygens (including phenoxy) is 1. The fourth-order valence-corrected chi connectivity index (χ4v) is 1.96. The van der Waals surface area contributed by atoms with Crippen LogP contribution in [-0.4, -0.2) is 36.0 Å². The van der Waals surface area contributed by atoms with Crippen molar-refractivity contribution in [1.82, 2.24) is 4.90 Å². The van der Waals surface area contributed by atoms with Crippen LogP contribution in [0.2, 0.25) is 0 Å². The van der Waals surface area contributed by atoms with Gasteiger partial charge in [-0.15, -0.1) is 0 Å². The number of hydrogen-bond donors (Lipinski definition) is 0. The maximum absolute atomic E-state index is 11.8. The molecule has 17 heavy (non-hydrogen) atoms. The average molecular weight is 241 g/mol. The van der Waals surface area contributed by atoms with Gasteiger partial charge in [0, 0.05) is 13.0 Å². The lowest BCUT2D eigenvalue weighted by Crippen LogP contribution is -2.34. The minimum atomic E-state index is -0.317. The Hall–Kier alpha value is -1.06. The average Bonchev–Trinajstić information content (AvgIpc) is 2.45. The molecule has 98 valence electrons. The van der Waals surface area contributed by atoms with Gasteiger partial charge < -0.3 is 9.64 Å². The van der Waals surface area contributed by atoms with Gasteiger partial charge >= 0.3 is 5.97 Å². The van der Waals surface area contributed by atoms with Gasteiger partial charge in [-0.3, -0.25) is 9.59 Å². The lowest BCUT2D eigenvalue weighted by molar-refractivity contribution is -0.151. The van der Waals surface area contributed by atoms with Crippen molar-refractivity contribution in [2.75, 3.05) is 13.1 Å². The van der Waals surface area contributed by atoms with Gasteiger partial charge in [0.2, 0.25) is 5.91 Å². The van der Waals surface area contributed by atoms with Crippen LogP contribution in [-0.2, 0) is 14.3 Å². The van der Waals surface area contributed by atoms with Crippen molar-refractivity contribution in [2.24, 2.45) is 11.3 Å².